The largest absolute Gasteiger partial charge is 0.280 e. The summed E-state index contributed by atoms with van der Waals surface area (Å²) < 4.78 is 12.8. The number of carbonyl (C=O) groups excluding carboxylic acids is 1. The molecule has 2 aromatic rings. The van der Waals surface area contributed by atoms with Crippen molar-refractivity contribution in [3.63, 3.8) is 0 Å². The van der Waals surface area contributed by atoms with Gasteiger partial charge in [-0.15, -0.1) is 10.2 Å². The number of benzene rings is 1. The maximum absolute atomic E-state index is 12.8. The van der Waals surface area contributed by atoms with Crippen LogP contribution < -0.4 is 16.0 Å². The van der Waals surface area contributed by atoms with E-state index < -0.39 is 19.8 Å². The molecule has 0 aliphatic rings. The van der Waals surface area contributed by atoms with Crippen molar-refractivity contribution < 1.29 is 9.18 Å². The van der Waals surface area contributed by atoms with Gasteiger partial charge in [0, 0.05) is 5.56 Å². The van der Waals surface area contributed by atoms with Gasteiger partial charge in [-0.05, 0) is 35.5 Å². The van der Waals surface area contributed by atoms with Gasteiger partial charge in [0.15, 0.2) is 11.0 Å². The van der Waals surface area contributed by atoms with Gasteiger partial charge in [0.05, 0.1) is 8.07 Å². The second-order valence-corrected chi connectivity index (χ2v) is 11.2. The van der Waals surface area contributed by atoms with Crippen molar-refractivity contribution in [1.82, 2.24) is 15.6 Å². The molecule has 8 heteroatoms. The first-order valence-corrected chi connectivity index (χ1v) is 10.5. The molecular formula is C14H16ClFN4OSi. The normalized spacial score (nSPS) is 11.1. The van der Waals surface area contributed by atoms with Gasteiger partial charge in [-0.2, -0.15) is 0 Å². The number of hydrogen-bond donors (Lipinski definition) is 2. The Balaban J connectivity index is 2.08. The van der Waals surface area contributed by atoms with Crippen LogP contribution in [0, 0.1) is 5.82 Å². The summed E-state index contributed by atoms with van der Waals surface area (Å²) in [6.45, 7) is 6.41. The van der Waals surface area contributed by atoms with Crippen molar-refractivity contribution >= 4 is 36.6 Å². The predicted molar refractivity (Wildman–Crippen MR) is 87.5 cm³/mol. The number of rotatable bonds is 4. The van der Waals surface area contributed by atoms with Gasteiger partial charge in [0.1, 0.15) is 5.82 Å². The van der Waals surface area contributed by atoms with Crippen molar-refractivity contribution in [3.8, 4) is 0 Å². The Morgan fingerprint density at radius 3 is 2.41 bits per heavy atom. The second-order valence-electron chi connectivity index (χ2n) is 5.77. The van der Waals surface area contributed by atoms with Crippen LogP contribution in [-0.2, 0) is 0 Å². The molecule has 0 unspecified atom stereocenters. The summed E-state index contributed by atoms with van der Waals surface area (Å²) in [6.07, 6.45) is 0. The number of nitrogens with zero attached hydrogens (tertiary/aromatic N) is 2. The molecule has 1 aromatic carbocycles. The number of amides is 1. The zero-order valence-corrected chi connectivity index (χ0v) is 14.2. The molecule has 22 heavy (non-hydrogen) atoms. The lowest BCUT2D eigenvalue weighted by molar-refractivity contribution is 0.0962. The Kier molecular flexibility index (Phi) is 4.77. The summed E-state index contributed by atoms with van der Waals surface area (Å²) in [6, 6.07) is 7.02. The number of hydrazine groups is 1. The maximum atomic E-state index is 12.8. The van der Waals surface area contributed by atoms with Gasteiger partial charge in [0.25, 0.3) is 5.91 Å². The molecule has 1 amide bonds. The molecule has 5 nitrogen and oxygen atoms in total. The number of hydrogen-bond acceptors (Lipinski definition) is 4. The summed E-state index contributed by atoms with van der Waals surface area (Å²) in [5, 5.41) is 9.11. The standard InChI is InChI=1S/C14H16ClFN4OSi/c1-22(2,3)11-8-12(17-19-13(11)15)18-20-14(21)9-4-6-10(16)7-5-9/h4-8H,1-3H3,(H,17,18)(H,20,21). The van der Waals surface area contributed by atoms with E-state index in [-0.39, 0.29) is 0 Å². The van der Waals surface area contributed by atoms with Gasteiger partial charge in [-0.25, -0.2) is 4.39 Å². The third-order valence-corrected chi connectivity index (χ3v) is 5.40. The van der Waals surface area contributed by atoms with Gasteiger partial charge in [0.2, 0.25) is 0 Å². The lowest BCUT2D eigenvalue weighted by Crippen LogP contribution is -2.40. The number of halogens is 2. The smallest absolute Gasteiger partial charge is 0.269 e. The fourth-order valence-corrected chi connectivity index (χ4v) is 3.94. The molecule has 0 bridgehead atoms. The average molecular weight is 339 g/mol. The Bertz CT molecular complexity index is 688. The average Bonchev–Trinajstić information content (AvgIpc) is 2.45. The van der Waals surface area contributed by atoms with Crippen LogP contribution in [0.15, 0.2) is 30.3 Å². The van der Waals surface area contributed by atoms with Crippen LogP contribution >= 0.6 is 11.6 Å². The number of carbonyl (C=O) groups is 1. The van der Waals surface area contributed by atoms with E-state index in [0.717, 1.165) is 5.19 Å². The van der Waals surface area contributed by atoms with E-state index in [1.807, 2.05) is 0 Å². The summed E-state index contributed by atoms with van der Waals surface area (Å²) in [7, 11) is -1.66. The zero-order chi connectivity index (χ0) is 16.3. The quantitative estimate of drug-likeness (QED) is 0.664. The lowest BCUT2D eigenvalue weighted by atomic mass is 10.2. The molecule has 0 spiro atoms. The zero-order valence-electron chi connectivity index (χ0n) is 12.4. The Morgan fingerprint density at radius 2 is 1.82 bits per heavy atom. The highest BCUT2D eigenvalue weighted by molar-refractivity contribution is 6.90. The van der Waals surface area contributed by atoms with Crippen LogP contribution in [0.4, 0.5) is 10.2 Å². The molecule has 0 fully saturated rings. The first kappa shape index (κ1) is 16.4. The molecule has 0 aliphatic carbocycles. The summed E-state index contributed by atoms with van der Waals surface area (Å²) >= 11 is 6.06. The van der Waals surface area contributed by atoms with E-state index in [9.17, 15) is 9.18 Å². The van der Waals surface area contributed by atoms with Crippen LogP contribution in [0.3, 0.4) is 0 Å². The van der Waals surface area contributed by atoms with Gasteiger partial charge < -0.3 is 0 Å². The monoisotopic (exact) mass is 338 g/mol. The van der Waals surface area contributed by atoms with Gasteiger partial charge in [-0.3, -0.25) is 15.6 Å². The van der Waals surface area contributed by atoms with E-state index in [4.69, 9.17) is 11.6 Å². The Labute approximate surface area is 133 Å². The lowest BCUT2D eigenvalue weighted by Gasteiger charge is -2.18. The van der Waals surface area contributed by atoms with Crippen molar-refractivity contribution in [2.45, 2.75) is 19.6 Å². The number of nitrogens with one attached hydrogen (secondary N) is 2. The fourth-order valence-electron chi connectivity index (χ4n) is 1.76. The van der Waals surface area contributed by atoms with Crippen LogP contribution in [-0.4, -0.2) is 24.2 Å². The van der Waals surface area contributed by atoms with Crippen molar-refractivity contribution in [1.29, 1.82) is 0 Å². The second kappa shape index (κ2) is 6.41. The minimum atomic E-state index is -1.66. The molecule has 116 valence electrons. The molecule has 2 N–H and O–H groups in total. The van der Waals surface area contributed by atoms with E-state index in [1.165, 1.54) is 24.3 Å². The van der Waals surface area contributed by atoms with Crippen LogP contribution in [0.2, 0.25) is 24.8 Å². The first-order valence-electron chi connectivity index (χ1n) is 6.63. The van der Waals surface area contributed by atoms with Crippen LogP contribution in [0.1, 0.15) is 10.4 Å². The molecule has 2 rings (SSSR count). The molecule has 1 heterocycles. The molecule has 0 aliphatic heterocycles. The Morgan fingerprint density at radius 1 is 1.18 bits per heavy atom. The summed E-state index contributed by atoms with van der Waals surface area (Å²) in [4.78, 5) is 11.9. The van der Waals surface area contributed by atoms with Crippen molar-refractivity contribution in [2.75, 3.05) is 5.43 Å². The summed E-state index contributed by atoms with van der Waals surface area (Å²) in [5.41, 5.74) is 5.52. The number of aromatic nitrogens is 2. The van der Waals surface area contributed by atoms with Gasteiger partial charge >= 0.3 is 0 Å². The highest BCUT2D eigenvalue weighted by atomic mass is 35.5. The Hall–Kier alpha value is -1.99. The first-order chi connectivity index (χ1) is 10.3. The van der Waals surface area contributed by atoms with Gasteiger partial charge in [-0.1, -0.05) is 31.2 Å². The molecule has 1 aromatic heterocycles. The van der Waals surface area contributed by atoms with Crippen molar-refractivity contribution in [3.05, 3.63) is 46.9 Å². The van der Waals surface area contributed by atoms with E-state index in [1.54, 1.807) is 6.07 Å². The van der Waals surface area contributed by atoms with Crippen LogP contribution in [0.25, 0.3) is 0 Å². The van der Waals surface area contributed by atoms with Crippen molar-refractivity contribution in [2.24, 2.45) is 0 Å². The molecule has 0 saturated heterocycles. The maximum Gasteiger partial charge on any atom is 0.269 e. The minimum Gasteiger partial charge on any atom is -0.280 e. The third kappa shape index (κ3) is 4.02. The van der Waals surface area contributed by atoms with E-state index in [0.29, 0.717) is 16.5 Å². The topological polar surface area (TPSA) is 66.9 Å². The minimum absolute atomic E-state index is 0.334. The third-order valence-electron chi connectivity index (χ3n) is 2.97. The van der Waals surface area contributed by atoms with E-state index >= 15 is 0 Å². The SMILES string of the molecule is C[Si](C)(C)c1cc(NNC(=O)c2ccc(F)cc2)nnc1Cl. The molecular weight excluding hydrogens is 323 g/mol. The predicted octanol–water partition coefficient (Wildman–Crippen LogP) is 2.57. The summed E-state index contributed by atoms with van der Waals surface area (Å²) in [5.74, 6) is -0.392. The molecule has 0 radical (unpaired) electrons. The van der Waals surface area contributed by atoms with Crippen LogP contribution in [0.5, 0.6) is 0 Å². The molecule has 0 saturated carbocycles. The fraction of sp³-hybridized carbons (Fsp3) is 0.214. The highest BCUT2D eigenvalue weighted by Crippen LogP contribution is 2.11. The highest BCUT2D eigenvalue weighted by Gasteiger charge is 2.21. The van der Waals surface area contributed by atoms with E-state index in [2.05, 4.69) is 40.7 Å². The molecule has 0 atom stereocenters. The number of anilines is 1.